The first-order valence-electron chi connectivity index (χ1n) is 6.46. The van der Waals surface area contributed by atoms with Crippen LogP contribution in [-0.2, 0) is 11.2 Å². The highest BCUT2D eigenvalue weighted by atomic mass is 32.1. The summed E-state index contributed by atoms with van der Waals surface area (Å²) in [6.07, 6.45) is -2.85. The summed E-state index contributed by atoms with van der Waals surface area (Å²) in [5.41, 5.74) is 0.303. The second kappa shape index (κ2) is 6.15. The van der Waals surface area contributed by atoms with E-state index >= 15 is 0 Å². The van der Waals surface area contributed by atoms with Gasteiger partial charge < -0.3 is 20.1 Å². The van der Waals surface area contributed by atoms with Crippen LogP contribution in [0.5, 0.6) is 0 Å². The third-order valence-electron chi connectivity index (χ3n) is 3.33. The van der Waals surface area contributed by atoms with E-state index in [0.29, 0.717) is 12.1 Å². The van der Waals surface area contributed by atoms with Crippen molar-refractivity contribution < 1.29 is 20.1 Å². The Morgan fingerprint density at radius 3 is 2.70 bits per heavy atom. The van der Waals surface area contributed by atoms with Gasteiger partial charge in [-0.1, -0.05) is 13.3 Å². The number of rotatable bonds is 4. The molecule has 0 unspecified atom stereocenters. The molecule has 4 N–H and O–H groups in total. The highest BCUT2D eigenvalue weighted by Gasteiger charge is 2.43. The fourth-order valence-electron chi connectivity index (χ4n) is 2.37. The molecule has 0 bridgehead atoms. The fraction of sp³-hybridized carbons (Fsp3) is 0.667. The van der Waals surface area contributed by atoms with Crippen LogP contribution in [0.3, 0.4) is 0 Å². The number of aromatic amines is 1. The van der Waals surface area contributed by atoms with Crippen LogP contribution in [0.2, 0.25) is 0 Å². The van der Waals surface area contributed by atoms with Crippen molar-refractivity contribution in [3.8, 4) is 0 Å². The zero-order valence-corrected chi connectivity index (χ0v) is 11.8. The minimum absolute atomic E-state index is 0.121. The molecule has 2 heterocycles. The molecule has 7 nitrogen and oxygen atoms in total. The van der Waals surface area contributed by atoms with Crippen LogP contribution in [0.25, 0.3) is 0 Å². The van der Waals surface area contributed by atoms with E-state index in [1.165, 1.54) is 10.6 Å². The summed E-state index contributed by atoms with van der Waals surface area (Å²) in [7, 11) is 0. The Morgan fingerprint density at radius 2 is 2.15 bits per heavy atom. The zero-order chi connectivity index (χ0) is 14.9. The normalized spacial score (nSPS) is 29.8. The van der Waals surface area contributed by atoms with E-state index in [-0.39, 0.29) is 10.3 Å². The number of aromatic nitrogens is 2. The maximum absolute atomic E-state index is 11.5. The number of hydrogen-bond donors (Lipinski definition) is 4. The molecule has 4 atom stereocenters. The van der Waals surface area contributed by atoms with Gasteiger partial charge in [0.25, 0.3) is 5.56 Å². The van der Waals surface area contributed by atoms with Gasteiger partial charge in [0.05, 0.1) is 6.61 Å². The Morgan fingerprint density at radius 1 is 1.45 bits per heavy atom. The highest BCUT2D eigenvalue weighted by Crippen LogP contribution is 2.30. The molecule has 1 fully saturated rings. The molecule has 1 aliphatic heterocycles. The summed E-state index contributed by atoms with van der Waals surface area (Å²) in [6, 6.07) is 1.40. The van der Waals surface area contributed by atoms with Crippen molar-refractivity contribution in [1.29, 1.82) is 0 Å². The second-order valence-corrected chi connectivity index (χ2v) is 5.17. The van der Waals surface area contributed by atoms with Gasteiger partial charge in [0, 0.05) is 11.8 Å². The monoisotopic (exact) mass is 302 g/mol. The molecular formula is C12H18N2O5S. The van der Waals surface area contributed by atoms with Gasteiger partial charge in [-0.15, -0.1) is 0 Å². The van der Waals surface area contributed by atoms with Crippen LogP contribution in [0, 0.1) is 4.77 Å². The Bertz CT molecular complexity index is 584. The molecule has 1 saturated heterocycles. The predicted molar refractivity (Wildman–Crippen MR) is 72.9 cm³/mol. The predicted octanol–water partition coefficient (Wildman–Crippen LogP) is -0.530. The molecule has 1 aliphatic rings. The maximum Gasteiger partial charge on any atom is 0.251 e. The molecule has 0 aromatic carbocycles. The van der Waals surface area contributed by atoms with E-state index in [1.54, 1.807) is 0 Å². The largest absolute Gasteiger partial charge is 0.394 e. The number of aliphatic hydroxyl groups excluding tert-OH is 3. The standard InChI is InChI=1S/C12H18N2O5S/c1-2-3-6-4-8(16)13-12(20)14(6)11-10(18)9(17)7(5-15)19-11/h4,7,9-11,15,17-18H,2-3,5H2,1H3,(H,13,16,20)/t7-,9-,10-,11-/m1/s1. The minimum Gasteiger partial charge on any atom is -0.394 e. The van der Waals surface area contributed by atoms with E-state index in [4.69, 9.17) is 22.1 Å². The Labute approximate surface area is 120 Å². The van der Waals surface area contributed by atoms with Crippen molar-refractivity contribution >= 4 is 12.2 Å². The van der Waals surface area contributed by atoms with Crippen molar-refractivity contribution in [3.05, 3.63) is 26.9 Å². The molecule has 20 heavy (non-hydrogen) atoms. The van der Waals surface area contributed by atoms with E-state index in [9.17, 15) is 15.0 Å². The molecule has 1 aromatic rings. The van der Waals surface area contributed by atoms with Crippen molar-refractivity contribution in [2.24, 2.45) is 0 Å². The first-order chi connectivity index (χ1) is 9.49. The molecule has 0 spiro atoms. The molecule has 8 heteroatoms. The molecule has 112 valence electrons. The van der Waals surface area contributed by atoms with Crippen LogP contribution < -0.4 is 5.56 Å². The molecule has 2 rings (SSSR count). The van der Waals surface area contributed by atoms with Gasteiger partial charge in [-0.2, -0.15) is 0 Å². The summed E-state index contributed by atoms with van der Waals surface area (Å²) in [6.45, 7) is 1.54. The second-order valence-electron chi connectivity index (χ2n) is 4.78. The first-order valence-corrected chi connectivity index (χ1v) is 6.87. The Hall–Kier alpha value is -1.06. The van der Waals surface area contributed by atoms with Gasteiger partial charge >= 0.3 is 0 Å². The lowest BCUT2D eigenvalue weighted by Crippen LogP contribution is -2.34. The average Bonchev–Trinajstić information content (AvgIpc) is 2.66. The topological polar surface area (TPSA) is 108 Å². The van der Waals surface area contributed by atoms with Crippen molar-refractivity contribution in [1.82, 2.24) is 9.55 Å². The number of nitrogens with zero attached hydrogens (tertiary/aromatic N) is 1. The van der Waals surface area contributed by atoms with Gasteiger partial charge in [-0.25, -0.2) is 0 Å². The summed E-state index contributed by atoms with van der Waals surface area (Å²) < 4.78 is 7.06. The minimum atomic E-state index is -1.22. The number of nitrogens with one attached hydrogen (secondary N) is 1. The Kier molecular flexibility index (Phi) is 4.71. The van der Waals surface area contributed by atoms with Crippen LogP contribution in [0.4, 0.5) is 0 Å². The third kappa shape index (κ3) is 2.70. The molecule has 1 aromatic heterocycles. The quantitative estimate of drug-likeness (QED) is 0.557. The molecule has 0 radical (unpaired) electrons. The van der Waals surface area contributed by atoms with Crippen molar-refractivity contribution in [2.75, 3.05) is 6.61 Å². The van der Waals surface area contributed by atoms with Crippen molar-refractivity contribution in [2.45, 2.75) is 44.3 Å². The molecule has 0 aliphatic carbocycles. The summed E-state index contributed by atoms with van der Waals surface area (Å²) in [5, 5.41) is 29.0. The molecule has 0 saturated carbocycles. The number of aliphatic hydroxyl groups is 3. The SMILES string of the molecule is CCCc1cc(=O)[nH]c(=S)n1[C@@H]1O[C@H](CO)[C@@H](O)[C@H]1O. The number of ether oxygens (including phenoxy) is 1. The van der Waals surface area contributed by atoms with Gasteiger partial charge in [-0.3, -0.25) is 14.3 Å². The van der Waals surface area contributed by atoms with Crippen molar-refractivity contribution in [3.63, 3.8) is 0 Å². The summed E-state index contributed by atoms with van der Waals surface area (Å²) in [5.74, 6) is 0. The van der Waals surface area contributed by atoms with E-state index in [2.05, 4.69) is 4.98 Å². The zero-order valence-electron chi connectivity index (χ0n) is 11.0. The molecule has 0 amide bonds. The van der Waals surface area contributed by atoms with Gasteiger partial charge in [-0.05, 0) is 18.6 Å². The van der Waals surface area contributed by atoms with Crippen LogP contribution in [0.15, 0.2) is 10.9 Å². The lowest BCUT2D eigenvalue weighted by molar-refractivity contribution is -0.0553. The van der Waals surface area contributed by atoms with E-state index in [1.807, 2.05) is 6.92 Å². The number of H-pyrrole nitrogens is 1. The smallest absolute Gasteiger partial charge is 0.251 e. The number of hydrogen-bond acceptors (Lipinski definition) is 6. The Balaban J connectivity index is 2.47. The number of aryl methyl sites for hydroxylation is 1. The lowest BCUT2D eigenvalue weighted by Gasteiger charge is -2.22. The maximum atomic E-state index is 11.5. The van der Waals surface area contributed by atoms with Crippen LogP contribution in [0.1, 0.15) is 25.3 Å². The molecular weight excluding hydrogens is 284 g/mol. The van der Waals surface area contributed by atoms with Crippen LogP contribution in [-0.4, -0.2) is 49.8 Å². The first kappa shape index (κ1) is 15.3. The summed E-state index contributed by atoms with van der Waals surface area (Å²) in [4.78, 5) is 14.0. The lowest BCUT2D eigenvalue weighted by atomic mass is 10.1. The van der Waals surface area contributed by atoms with E-state index in [0.717, 1.165) is 6.42 Å². The van der Waals surface area contributed by atoms with E-state index < -0.39 is 31.1 Å². The third-order valence-corrected chi connectivity index (χ3v) is 3.63. The van der Waals surface area contributed by atoms with Gasteiger partial charge in [0.2, 0.25) is 0 Å². The summed E-state index contributed by atoms with van der Waals surface area (Å²) >= 11 is 5.12. The fourth-order valence-corrected chi connectivity index (χ4v) is 2.70. The van der Waals surface area contributed by atoms with Gasteiger partial charge in [0.15, 0.2) is 11.0 Å². The van der Waals surface area contributed by atoms with Crippen LogP contribution >= 0.6 is 12.2 Å². The van der Waals surface area contributed by atoms with Gasteiger partial charge in [0.1, 0.15) is 18.3 Å². The average molecular weight is 302 g/mol. The highest BCUT2D eigenvalue weighted by molar-refractivity contribution is 7.71.